The van der Waals surface area contributed by atoms with Crippen LogP contribution >= 0.6 is 0 Å². The van der Waals surface area contributed by atoms with Crippen molar-refractivity contribution in [1.82, 2.24) is 5.32 Å². The van der Waals surface area contributed by atoms with Crippen LogP contribution in [0.3, 0.4) is 0 Å². The van der Waals surface area contributed by atoms with Crippen LogP contribution in [0, 0.1) is 0 Å². The molecule has 0 radical (unpaired) electrons. The standard InChI is InChI=1S/C17H27N/c1-2-18-13-7-3-4-8-15-11-12-16-9-5-6-10-17(16)14-15/h11-12,14,18H,2-10,13H2,1H3. The Morgan fingerprint density at radius 2 is 1.83 bits per heavy atom. The first-order chi connectivity index (χ1) is 8.90. The summed E-state index contributed by atoms with van der Waals surface area (Å²) in [6.07, 6.45) is 10.7. The Kier molecular flexibility index (Phi) is 5.73. The minimum Gasteiger partial charge on any atom is -0.317 e. The zero-order valence-corrected chi connectivity index (χ0v) is 11.8. The van der Waals surface area contributed by atoms with Gasteiger partial charge in [-0.15, -0.1) is 0 Å². The molecule has 0 aromatic heterocycles. The van der Waals surface area contributed by atoms with E-state index < -0.39 is 0 Å². The zero-order valence-electron chi connectivity index (χ0n) is 11.8. The van der Waals surface area contributed by atoms with Crippen LogP contribution in [-0.2, 0) is 19.3 Å². The first-order valence-electron chi connectivity index (χ1n) is 7.71. The highest BCUT2D eigenvalue weighted by atomic mass is 14.8. The summed E-state index contributed by atoms with van der Waals surface area (Å²) in [7, 11) is 0. The summed E-state index contributed by atoms with van der Waals surface area (Å²) in [6.45, 7) is 4.46. The molecule has 1 aliphatic rings. The Bertz CT molecular complexity index is 357. The van der Waals surface area contributed by atoms with Gasteiger partial charge >= 0.3 is 0 Å². The molecule has 1 aliphatic carbocycles. The van der Waals surface area contributed by atoms with Crippen molar-refractivity contribution in [2.45, 2.75) is 58.3 Å². The lowest BCUT2D eigenvalue weighted by Crippen LogP contribution is -2.13. The monoisotopic (exact) mass is 245 g/mol. The van der Waals surface area contributed by atoms with Gasteiger partial charge in [0, 0.05) is 0 Å². The lowest BCUT2D eigenvalue weighted by Gasteiger charge is -2.16. The highest BCUT2D eigenvalue weighted by molar-refractivity contribution is 5.33. The number of aryl methyl sites for hydroxylation is 3. The molecular formula is C17H27N. The van der Waals surface area contributed by atoms with Gasteiger partial charge in [-0.25, -0.2) is 0 Å². The molecule has 1 aromatic rings. The fourth-order valence-electron chi connectivity index (χ4n) is 2.87. The molecule has 1 aromatic carbocycles. The van der Waals surface area contributed by atoms with Crippen LogP contribution in [0.1, 0.15) is 55.7 Å². The van der Waals surface area contributed by atoms with Crippen LogP contribution in [0.15, 0.2) is 18.2 Å². The number of nitrogens with one attached hydrogen (secondary N) is 1. The van der Waals surface area contributed by atoms with Gasteiger partial charge in [-0.3, -0.25) is 0 Å². The normalized spacial score (nSPS) is 14.5. The molecule has 0 saturated heterocycles. The lowest BCUT2D eigenvalue weighted by molar-refractivity contribution is 0.616. The topological polar surface area (TPSA) is 12.0 Å². The number of hydrogen-bond donors (Lipinski definition) is 1. The molecule has 1 nitrogen and oxygen atoms in total. The third kappa shape index (κ3) is 4.13. The summed E-state index contributed by atoms with van der Waals surface area (Å²) >= 11 is 0. The maximum atomic E-state index is 3.39. The maximum Gasteiger partial charge on any atom is -0.00490 e. The Balaban J connectivity index is 1.72. The van der Waals surface area contributed by atoms with Gasteiger partial charge in [0.1, 0.15) is 0 Å². The van der Waals surface area contributed by atoms with Gasteiger partial charge in [-0.05, 0) is 74.7 Å². The van der Waals surface area contributed by atoms with Crippen LogP contribution in [0.25, 0.3) is 0 Å². The van der Waals surface area contributed by atoms with Crippen LogP contribution in [0.2, 0.25) is 0 Å². The summed E-state index contributed by atoms with van der Waals surface area (Å²) in [6, 6.07) is 7.20. The van der Waals surface area contributed by atoms with E-state index in [2.05, 4.69) is 30.4 Å². The summed E-state index contributed by atoms with van der Waals surface area (Å²) in [4.78, 5) is 0. The average molecular weight is 245 g/mol. The molecule has 100 valence electrons. The molecule has 1 N–H and O–H groups in total. The molecule has 0 unspecified atom stereocenters. The van der Waals surface area contributed by atoms with Gasteiger partial charge in [-0.1, -0.05) is 31.5 Å². The molecule has 0 spiro atoms. The van der Waals surface area contributed by atoms with Crippen molar-refractivity contribution >= 4 is 0 Å². The summed E-state index contributed by atoms with van der Waals surface area (Å²) in [5.41, 5.74) is 4.79. The van der Waals surface area contributed by atoms with Crippen LogP contribution in [-0.4, -0.2) is 13.1 Å². The van der Waals surface area contributed by atoms with E-state index in [1.165, 1.54) is 57.9 Å². The van der Waals surface area contributed by atoms with Gasteiger partial charge in [0.2, 0.25) is 0 Å². The molecule has 0 heterocycles. The van der Waals surface area contributed by atoms with Gasteiger partial charge < -0.3 is 5.32 Å². The first-order valence-corrected chi connectivity index (χ1v) is 7.71. The second kappa shape index (κ2) is 7.58. The molecule has 0 amide bonds. The highest BCUT2D eigenvalue weighted by Gasteiger charge is 2.08. The second-order valence-electron chi connectivity index (χ2n) is 5.47. The lowest BCUT2D eigenvalue weighted by atomic mass is 9.89. The molecule has 0 atom stereocenters. The minimum absolute atomic E-state index is 1.10. The Hall–Kier alpha value is -0.820. The van der Waals surface area contributed by atoms with E-state index in [0.29, 0.717) is 0 Å². The fourth-order valence-corrected chi connectivity index (χ4v) is 2.87. The third-order valence-corrected chi connectivity index (χ3v) is 3.98. The predicted molar refractivity (Wildman–Crippen MR) is 79.2 cm³/mol. The van der Waals surface area contributed by atoms with E-state index in [1.807, 2.05) is 0 Å². The summed E-state index contributed by atoms with van der Waals surface area (Å²) in [5.74, 6) is 0. The van der Waals surface area contributed by atoms with Crippen molar-refractivity contribution in [1.29, 1.82) is 0 Å². The SMILES string of the molecule is CCNCCCCCc1ccc2c(c1)CCCC2. The molecular weight excluding hydrogens is 218 g/mol. The zero-order chi connectivity index (χ0) is 12.6. The Morgan fingerprint density at radius 3 is 2.67 bits per heavy atom. The highest BCUT2D eigenvalue weighted by Crippen LogP contribution is 2.22. The van der Waals surface area contributed by atoms with Crippen LogP contribution in [0.4, 0.5) is 0 Å². The summed E-state index contributed by atoms with van der Waals surface area (Å²) in [5, 5.41) is 3.39. The molecule has 0 aliphatic heterocycles. The average Bonchev–Trinajstić information content (AvgIpc) is 2.42. The maximum absolute atomic E-state index is 3.39. The minimum atomic E-state index is 1.10. The van der Waals surface area contributed by atoms with Gasteiger partial charge in [0.25, 0.3) is 0 Å². The van der Waals surface area contributed by atoms with Crippen molar-refractivity contribution in [2.24, 2.45) is 0 Å². The first kappa shape index (κ1) is 13.6. The largest absolute Gasteiger partial charge is 0.317 e. The van der Waals surface area contributed by atoms with Crippen LogP contribution < -0.4 is 5.32 Å². The molecule has 18 heavy (non-hydrogen) atoms. The van der Waals surface area contributed by atoms with E-state index in [9.17, 15) is 0 Å². The molecule has 0 bridgehead atoms. The number of rotatable bonds is 7. The number of benzene rings is 1. The van der Waals surface area contributed by atoms with Gasteiger partial charge in [0.15, 0.2) is 0 Å². The van der Waals surface area contributed by atoms with Crippen molar-refractivity contribution in [3.8, 4) is 0 Å². The van der Waals surface area contributed by atoms with Gasteiger partial charge in [0.05, 0.1) is 0 Å². The van der Waals surface area contributed by atoms with E-state index >= 15 is 0 Å². The Morgan fingerprint density at radius 1 is 1.00 bits per heavy atom. The van der Waals surface area contributed by atoms with Crippen molar-refractivity contribution in [3.05, 3.63) is 34.9 Å². The molecule has 2 rings (SSSR count). The smallest absolute Gasteiger partial charge is 0.00490 e. The predicted octanol–water partition coefficient (Wildman–Crippen LogP) is 3.89. The van der Waals surface area contributed by atoms with Crippen LogP contribution in [0.5, 0.6) is 0 Å². The van der Waals surface area contributed by atoms with E-state index in [0.717, 1.165) is 6.54 Å². The molecule has 0 fully saturated rings. The number of fused-ring (bicyclic) bond motifs is 1. The second-order valence-corrected chi connectivity index (χ2v) is 5.47. The molecule has 1 heteroatoms. The number of unbranched alkanes of at least 4 members (excludes halogenated alkanes) is 2. The van der Waals surface area contributed by atoms with Gasteiger partial charge in [-0.2, -0.15) is 0 Å². The van der Waals surface area contributed by atoms with Crippen molar-refractivity contribution < 1.29 is 0 Å². The fraction of sp³-hybridized carbons (Fsp3) is 0.647. The third-order valence-electron chi connectivity index (χ3n) is 3.98. The van der Waals surface area contributed by atoms with E-state index in [4.69, 9.17) is 0 Å². The number of hydrogen-bond acceptors (Lipinski definition) is 1. The molecule has 0 saturated carbocycles. The van der Waals surface area contributed by atoms with E-state index in [1.54, 1.807) is 16.7 Å². The Labute approximate surface area is 112 Å². The summed E-state index contributed by atoms with van der Waals surface area (Å²) < 4.78 is 0. The van der Waals surface area contributed by atoms with E-state index in [-0.39, 0.29) is 0 Å². The van der Waals surface area contributed by atoms with Crippen molar-refractivity contribution in [2.75, 3.05) is 13.1 Å². The van der Waals surface area contributed by atoms with Crippen molar-refractivity contribution in [3.63, 3.8) is 0 Å². The quantitative estimate of drug-likeness (QED) is 0.719.